The van der Waals surface area contributed by atoms with Gasteiger partial charge in [0.05, 0.1) is 17.3 Å². The van der Waals surface area contributed by atoms with Crippen molar-refractivity contribution in [3.8, 4) is 11.4 Å². The summed E-state index contributed by atoms with van der Waals surface area (Å²) in [5, 5.41) is 4.29. The van der Waals surface area contributed by atoms with Crippen molar-refractivity contribution in [1.29, 1.82) is 0 Å². The minimum Gasteiger partial charge on any atom is -0.364 e. The third kappa shape index (κ3) is 3.96. The molecule has 6 nitrogen and oxygen atoms in total. The van der Waals surface area contributed by atoms with Gasteiger partial charge in [-0.25, -0.2) is 9.97 Å². The van der Waals surface area contributed by atoms with Gasteiger partial charge in [-0.05, 0) is 37.1 Å². The average molecular weight is 424 g/mol. The molecule has 0 bridgehead atoms. The van der Waals surface area contributed by atoms with Crippen LogP contribution < -0.4 is 4.90 Å². The van der Waals surface area contributed by atoms with Gasteiger partial charge in [-0.1, -0.05) is 25.1 Å². The highest BCUT2D eigenvalue weighted by Crippen LogP contribution is 2.39. The molecule has 0 saturated heterocycles. The molecule has 7 heteroatoms. The molecular weight excluding hydrogens is 394 g/mol. The summed E-state index contributed by atoms with van der Waals surface area (Å²) in [4.78, 5) is 14.6. The Hall–Kier alpha value is -2.38. The maximum Gasteiger partial charge on any atom is 0.141 e. The van der Waals surface area contributed by atoms with Crippen LogP contribution in [0.15, 0.2) is 46.2 Å². The highest BCUT2D eigenvalue weighted by Gasteiger charge is 2.26. The van der Waals surface area contributed by atoms with Gasteiger partial charge in [-0.15, -0.1) is 11.8 Å². The number of fused-ring (bicyclic) bond motifs is 2. The van der Waals surface area contributed by atoms with E-state index in [4.69, 9.17) is 4.52 Å². The largest absolute Gasteiger partial charge is 0.364 e. The van der Waals surface area contributed by atoms with Crippen LogP contribution >= 0.6 is 11.8 Å². The molecule has 5 rings (SSSR count). The lowest BCUT2D eigenvalue weighted by Crippen LogP contribution is -2.29. The molecular formula is C23H29N5OS. The molecule has 0 amide bonds. The summed E-state index contributed by atoms with van der Waals surface area (Å²) in [6, 6.07) is 9.17. The molecule has 0 N–H and O–H groups in total. The van der Waals surface area contributed by atoms with E-state index in [2.05, 4.69) is 57.1 Å². The maximum atomic E-state index is 5.68. The lowest BCUT2D eigenvalue weighted by Gasteiger charge is -2.28. The molecule has 30 heavy (non-hydrogen) atoms. The first-order chi connectivity index (χ1) is 14.7. The minimum atomic E-state index is 0.365. The van der Waals surface area contributed by atoms with Gasteiger partial charge < -0.3 is 9.42 Å². The van der Waals surface area contributed by atoms with Crippen molar-refractivity contribution in [2.24, 2.45) is 0 Å². The van der Waals surface area contributed by atoms with E-state index in [0.29, 0.717) is 6.04 Å². The van der Waals surface area contributed by atoms with Crippen LogP contribution in [-0.4, -0.2) is 46.0 Å². The van der Waals surface area contributed by atoms with E-state index in [1.165, 1.54) is 21.7 Å². The summed E-state index contributed by atoms with van der Waals surface area (Å²) in [5.41, 5.74) is 5.62. The minimum absolute atomic E-state index is 0.365. The summed E-state index contributed by atoms with van der Waals surface area (Å²) in [6.07, 6.45) is 5.10. The first-order valence-electron chi connectivity index (χ1n) is 10.7. The van der Waals surface area contributed by atoms with Crippen LogP contribution in [0.25, 0.3) is 11.4 Å². The lowest BCUT2D eigenvalue weighted by atomic mass is 10.0. The number of nitrogens with zero attached hydrogens (tertiary/aromatic N) is 5. The Kier molecular flexibility index (Phi) is 6.39. The molecule has 3 aromatic rings. The third-order valence-electron chi connectivity index (χ3n) is 5.81. The van der Waals surface area contributed by atoms with Crippen molar-refractivity contribution in [2.75, 3.05) is 30.9 Å². The van der Waals surface area contributed by atoms with Crippen LogP contribution in [0.3, 0.4) is 0 Å². The van der Waals surface area contributed by atoms with Crippen molar-refractivity contribution in [2.45, 2.75) is 44.6 Å². The highest BCUT2D eigenvalue weighted by molar-refractivity contribution is 7.99. The molecule has 2 aliphatic heterocycles. The van der Waals surface area contributed by atoms with Crippen molar-refractivity contribution >= 4 is 17.4 Å². The zero-order valence-corrected chi connectivity index (χ0v) is 18.9. The zero-order chi connectivity index (χ0) is 21.1. The van der Waals surface area contributed by atoms with Crippen LogP contribution in [0.4, 0.5) is 5.69 Å². The van der Waals surface area contributed by atoms with Gasteiger partial charge in [0, 0.05) is 49.3 Å². The molecule has 0 saturated carbocycles. The maximum absolute atomic E-state index is 5.68. The van der Waals surface area contributed by atoms with Crippen LogP contribution in [0.1, 0.15) is 43.7 Å². The predicted octanol–water partition coefficient (Wildman–Crippen LogP) is 4.82. The predicted molar refractivity (Wildman–Crippen MR) is 122 cm³/mol. The number of hydrogen-bond donors (Lipinski definition) is 0. The molecule has 0 spiro atoms. The first kappa shape index (κ1) is 20.9. The van der Waals surface area contributed by atoms with Gasteiger partial charge in [-0.3, -0.25) is 4.90 Å². The Bertz CT molecular complexity index is 991. The molecule has 158 valence electrons. The number of aromatic nitrogens is 3. The summed E-state index contributed by atoms with van der Waals surface area (Å²) < 4.78 is 5.68. The fourth-order valence-corrected chi connectivity index (χ4v) is 5.09. The van der Waals surface area contributed by atoms with Crippen LogP contribution in [0, 0.1) is 0 Å². The third-order valence-corrected chi connectivity index (χ3v) is 6.98. The van der Waals surface area contributed by atoms with Crippen LogP contribution in [0.5, 0.6) is 0 Å². The SMILES string of the molecule is CC.CC(c1ccc2c(c1)N(C)CS2)N1CCc2onc(-c3ccncn3)c2CC1. The standard InChI is InChI=1S/C21H23N5OS.C2H6/c1-14(15-3-4-20-18(11-15)25(2)13-28-20)26-9-6-16-19(7-10-26)27-24-21(16)17-5-8-22-12-23-17;1-2/h3-5,8,11-12,14H,6-7,9-10,13H2,1-2H3;1-2H3. The lowest BCUT2D eigenvalue weighted by molar-refractivity contribution is 0.216. The second-order valence-corrected chi connectivity index (χ2v) is 8.42. The van der Waals surface area contributed by atoms with Crippen molar-refractivity contribution in [1.82, 2.24) is 20.0 Å². The van der Waals surface area contributed by atoms with E-state index in [1.807, 2.05) is 31.7 Å². The van der Waals surface area contributed by atoms with E-state index < -0.39 is 0 Å². The van der Waals surface area contributed by atoms with Crippen molar-refractivity contribution < 1.29 is 4.52 Å². The number of thioether (sulfide) groups is 1. The highest BCUT2D eigenvalue weighted by atomic mass is 32.2. The number of rotatable bonds is 3. The Balaban J connectivity index is 0.00000106. The van der Waals surface area contributed by atoms with Gasteiger partial charge >= 0.3 is 0 Å². The number of hydrogen-bond acceptors (Lipinski definition) is 7. The van der Waals surface area contributed by atoms with Crippen LogP contribution in [-0.2, 0) is 12.8 Å². The molecule has 1 aromatic carbocycles. The molecule has 0 fully saturated rings. The molecule has 1 atom stereocenters. The monoisotopic (exact) mass is 423 g/mol. The quantitative estimate of drug-likeness (QED) is 0.598. The van der Waals surface area contributed by atoms with E-state index in [9.17, 15) is 0 Å². The topological polar surface area (TPSA) is 58.3 Å². The normalized spacial score (nSPS) is 16.9. The van der Waals surface area contributed by atoms with Gasteiger partial charge in [0.15, 0.2) is 0 Å². The van der Waals surface area contributed by atoms with Crippen LogP contribution in [0.2, 0.25) is 0 Å². The first-order valence-corrected chi connectivity index (χ1v) is 11.6. The van der Waals surface area contributed by atoms with Gasteiger partial charge in [-0.2, -0.15) is 0 Å². The van der Waals surface area contributed by atoms with E-state index in [-0.39, 0.29) is 0 Å². The molecule has 1 unspecified atom stereocenters. The summed E-state index contributed by atoms with van der Waals surface area (Å²) >= 11 is 1.91. The molecule has 4 heterocycles. The Morgan fingerprint density at radius 3 is 2.77 bits per heavy atom. The van der Waals surface area contributed by atoms with E-state index in [0.717, 1.165) is 49.0 Å². The summed E-state index contributed by atoms with van der Waals surface area (Å²) in [7, 11) is 2.17. The number of anilines is 1. The fourth-order valence-electron chi connectivity index (χ4n) is 4.09. The summed E-state index contributed by atoms with van der Waals surface area (Å²) in [5.74, 6) is 2.03. The van der Waals surface area contributed by atoms with E-state index in [1.54, 1.807) is 12.5 Å². The Labute approximate surface area is 182 Å². The second kappa shape index (κ2) is 9.18. The molecule has 2 aliphatic rings. The Morgan fingerprint density at radius 2 is 1.97 bits per heavy atom. The van der Waals surface area contributed by atoms with Gasteiger partial charge in [0.25, 0.3) is 0 Å². The Morgan fingerprint density at radius 1 is 1.13 bits per heavy atom. The molecule has 2 aromatic heterocycles. The average Bonchev–Trinajstić information content (AvgIpc) is 3.31. The van der Waals surface area contributed by atoms with E-state index >= 15 is 0 Å². The molecule has 0 radical (unpaired) electrons. The van der Waals surface area contributed by atoms with Crippen molar-refractivity contribution in [3.63, 3.8) is 0 Å². The number of benzene rings is 1. The van der Waals surface area contributed by atoms with Gasteiger partial charge in [0.1, 0.15) is 17.8 Å². The van der Waals surface area contributed by atoms with Gasteiger partial charge in [0.2, 0.25) is 0 Å². The summed E-state index contributed by atoms with van der Waals surface area (Å²) in [6.45, 7) is 8.25. The smallest absolute Gasteiger partial charge is 0.141 e. The van der Waals surface area contributed by atoms with Crippen molar-refractivity contribution in [3.05, 3.63) is 53.7 Å². The second-order valence-electron chi connectivity index (χ2n) is 7.44. The molecule has 0 aliphatic carbocycles. The fraction of sp³-hybridized carbons (Fsp3) is 0.435. The zero-order valence-electron chi connectivity index (χ0n) is 18.1.